The van der Waals surface area contributed by atoms with Crippen molar-refractivity contribution in [3.8, 4) is 5.75 Å². The summed E-state index contributed by atoms with van der Waals surface area (Å²) in [6.07, 6.45) is 2.68. The van der Waals surface area contributed by atoms with Gasteiger partial charge >= 0.3 is 0 Å². The number of aryl methyl sites for hydroxylation is 1. The molecule has 1 saturated carbocycles. The first-order chi connectivity index (χ1) is 6.66. The third kappa shape index (κ3) is 1.95. The summed E-state index contributed by atoms with van der Waals surface area (Å²) in [6, 6.07) is 6.24. The topological polar surface area (TPSA) is 9.23 Å². The van der Waals surface area contributed by atoms with E-state index in [-0.39, 0.29) is 0 Å². The second kappa shape index (κ2) is 3.93. The van der Waals surface area contributed by atoms with E-state index in [1.165, 1.54) is 11.1 Å². The second-order valence-corrected chi connectivity index (χ2v) is 5.30. The summed E-state index contributed by atoms with van der Waals surface area (Å²) in [5, 5.41) is 0. The smallest absolute Gasteiger partial charge is 0.122 e. The fourth-order valence-corrected chi connectivity index (χ4v) is 2.46. The van der Waals surface area contributed by atoms with Crippen LogP contribution in [0.1, 0.15) is 24.0 Å². The molecule has 1 aromatic rings. The molecule has 0 amide bonds. The molecule has 76 valence electrons. The molecule has 0 aliphatic heterocycles. The van der Waals surface area contributed by atoms with E-state index in [2.05, 4.69) is 48.0 Å². The molecular formula is C12H15BrO. The Kier molecular flexibility index (Phi) is 2.82. The molecule has 1 aromatic carbocycles. The van der Waals surface area contributed by atoms with E-state index >= 15 is 0 Å². The van der Waals surface area contributed by atoms with Gasteiger partial charge < -0.3 is 4.74 Å². The number of hydrogen-bond acceptors (Lipinski definition) is 1. The summed E-state index contributed by atoms with van der Waals surface area (Å²) in [4.78, 5) is 0.664. The third-order valence-corrected chi connectivity index (χ3v) is 3.63. The van der Waals surface area contributed by atoms with Crippen LogP contribution in [0.2, 0.25) is 0 Å². The molecule has 1 nitrogen and oxygen atoms in total. The van der Waals surface area contributed by atoms with Crippen LogP contribution < -0.4 is 4.74 Å². The van der Waals surface area contributed by atoms with Crippen molar-refractivity contribution in [1.82, 2.24) is 0 Å². The predicted octanol–water partition coefficient (Wildman–Crippen LogP) is 3.61. The molecule has 0 aromatic heterocycles. The predicted molar refractivity (Wildman–Crippen MR) is 62.3 cm³/mol. The maximum absolute atomic E-state index is 5.90. The summed E-state index contributed by atoms with van der Waals surface area (Å²) >= 11 is 3.57. The van der Waals surface area contributed by atoms with Crippen molar-refractivity contribution >= 4 is 15.9 Å². The lowest BCUT2D eigenvalue weighted by molar-refractivity contribution is 0.127. The van der Waals surface area contributed by atoms with Crippen LogP contribution in [0.15, 0.2) is 18.2 Å². The van der Waals surface area contributed by atoms with Crippen LogP contribution in [0, 0.1) is 13.8 Å². The minimum Gasteiger partial charge on any atom is -0.490 e. The van der Waals surface area contributed by atoms with Gasteiger partial charge in [0.1, 0.15) is 11.9 Å². The molecule has 0 unspecified atom stereocenters. The standard InChI is InChI=1S/C12H15BrO/c1-8-4-3-5-12(9(8)2)14-11-6-10(13)7-11/h3-5,10-11H,6-7H2,1-2H3. The molecule has 0 heterocycles. The zero-order valence-electron chi connectivity index (χ0n) is 8.59. The van der Waals surface area contributed by atoms with Crippen molar-refractivity contribution in [3.05, 3.63) is 29.3 Å². The summed E-state index contributed by atoms with van der Waals surface area (Å²) in [5.74, 6) is 1.05. The Morgan fingerprint density at radius 2 is 2.00 bits per heavy atom. The van der Waals surface area contributed by atoms with Crippen molar-refractivity contribution < 1.29 is 4.74 Å². The Hall–Kier alpha value is -0.500. The van der Waals surface area contributed by atoms with E-state index in [0.717, 1.165) is 18.6 Å². The van der Waals surface area contributed by atoms with Crippen molar-refractivity contribution in [3.63, 3.8) is 0 Å². The van der Waals surface area contributed by atoms with E-state index in [9.17, 15) is 0 Å². The zero-order chi connectivity index (χ0) is 10.1. The van der Waals surface area contributed by atoms with E-state index in [0.29, 0.717) is 10.9 Å². The Morgan fingerprint density at radius 3 is 2.64 bits per heavy atom. The first-order valence-corrected chi connectivity index (χ1v) is 5.95. The zero-order valence-corrected chi connectivity index (χ0v) is 10.2. The van der Waals surface area contributed by atoms with Gasteiger partial charge in [0, 0.05) is 4.83 Å². The van der Waals surface area contributed by atoms with Crippen LogP contribution in [0.25, 0.3) is 0 Å². The lowest BCUT2D eigenvalue weighted by Gasteiger charge is -2.32. The lowest BCUT2D eigenvalue weighted by atomic mass is 9.95. The Bertz CT molecular complexity index is 329. The van der Waals surface area contributed by atoms with Crippen LogP contribution >= 0.6 is 15.9 Å². The van der Waals surface area contributed by atoms with Crippen LogP contribution in [0.4, 0.5) is 0 Å². The molecule has 2 heteroatoms. The highest BCUT2D eigenvalue weighted by Crippen LogP contribution is 2.32. The van der Waals surface area contributed by atoms with Crippen molar-refractivity contribution in [2.45, 2.75) is 37.6 Å². The summed E-state index contributed by atoms with van der Waals surface area (Å²) in [6.45, 7) is 4.24. The Balaban J connectivity index is 2.06. The monoisotopic (exact) mass is 254 g/mol. The van der Waals surface area contributed by atoms with Gasteiger partial charge in [-0.3, -0.25) is 0 Å². The van der Waals surface area contributed by atoms with Crippen molar-refractivity contribution in [1.29, 1.82) is 0 Å². The van der Waals surface area contributed by atoms with Gasteiger partial charge in [0.05, 0.1) is 0 Å². The van der Waals surface area contributed by atoms with E-state index in [1.54, 1.807) is 0 Å². The van der Waals surface area contributed by atoms with Gasteiger partial charge in [-0.15, -0.1) is 0 Å². The number of benzene rings is 1. The van der Waals surface area contributed by atoms with Gasteiger partial charge in [-0.1, -0.05) is 28.1 Å². The van der Waals surface area contributed by atoms with E-state index in [4.69, 9.17) is 4.74 Å². The minimum absolute atomic E-state index is 0.417. The molecular weight excluding hydrogens is 240 g/mol. The fourth-order valence-electron chi connectivity index (χ4n) is 1.63. The molecule has 0 atom stereocenters. The SMILES string of the molecule is Cc1cccc(OC2CC(Br)C2)c1C. The molecule has 1 aliphatic carbocycles. The number of rotatable bonds is 2. The summed E-state index contributed by atoms with van der Waals surface area (Å²) < 4.78 is 5.90. The van der Waals surface area contributed by atoms with Crippen molar-refractivity contribution in [2.75, 3.05) is 0 Å². The Morgan fingerprint density at radius 1 is 1.29 bits per heavy atom. The molecule has 0 saturated heterocycles. The highest BCUT2D eigenvalue weighted by atomic mass is 79.9. The van der Waals surface area contributed by atoms with E-state index < -0.39 is 0 Å². The lowest BCUT2D eigenvalue weighted by Crippen LogP contribution is -2.34. The van der Waals surface area contributed by atoms with Crippen LogP contribution in [0.5, 0.6) is 5.75 Å². The molecule has 2 rings (SSSR count). The average molecular weight is 255 g/mol. The maximum atomic E-state index is 5.90. The van der Waals surface area contributed by atoms with Gasteiger partial charge in [-0.05, 0) is 43.9 Å². The van der Waals surface area contributed by atoms with Gasteiger partial charge in [0.25, 0.3) is 0 Å². The molecule has 0 bridgehead atoms. The van der Waals surface area contributed by atoms with Crippen LogP contribution in [-0.2, 0) is 0 Å². The first-order valence-electron chi connectivity index (χ1n) is 5.04. The fraction of sp³-hybridized carbons (Fsp3) is 0.500. The number of alkyl halides is 1. The first kappa shape index (κ1) is 10.0. The average Bonchev–Trinajstić information content (AvgIpc) is 2.10. The summed E-state index contributed by atoms with van der Waals surface area (Å²) in [7, 11) is 0. The van der Waals surface area contributed by atoms with Crippen LogP contribution in [-0.4, -0.2) is 10.9 Å². The van der Waals surface area contributed by atoms with Gasteiger partial charge in [0.15, 0.2) is 0 Å². The second-order valence-electron chi connectivity index (χ2n) is 4.01. The number of halogens is 1. The van der Waals surface area contributed by atoms with Crippen molar-refractivity contribution in [2.24, 2.45) is 0 Å². The quantitative estimate of drug-likeness (QED) is 0.733. The molecule has 0 spiro atoms. The van der Waals surface area contributed by atoms with Gasteiger partial charge in [0.2, 0.25) is 0 Å². The third-order valence-electron chi connectivity index (χ3n) is 2.89. The molecule has 1 fully saturated rings. The van der Waals surface area contributed by atoms with Gasteiger partial charge in [-0.25, -0.2) is 0 Å². The summed E-state index contributed by atoms with van der Waals surface area (Å²) in [5.41, 5.74) is 2.57. The molecule has 14 heavy (non-hydrogen) atoms. The van der Waals surface area contributed by atoms with E-state index in [1.807, 2.05) is 0 Å². The highest BCUT2D eigenvalue weighted by Gasteiger charge is 2.28. The largest absolute Gasteiger partial charge is 0.490 e. The molecule has 0 N–H and O–H groups in total. The maximum Gasteiger partial charge on any atom is 0.122 e. The highest BCUT2D eigenvalue weighted by molar-refractivity contribution is 9.09. The van der Waals surface area contributed by atoms with Crippen LogP contribution in [0.3, 0.4) is 0 Å². The normalized spacial score (nSPS) is 25.6. The number of hydrogen-bond donors (Lipinski definition) is 0. The number of ether oxygens (including phenoxy) is 1. The minimum atomic E-state index is 0.417. The Labute approximate surface area is 93.6 Å². The molecule has 0 radical (unpaired) electrons. The van der Waals surface area contributed by atoms with Gasteiger partial charge in [-0.2, -0.15) is 0 Å². The molecule has 1 aliphatic rings.